The Kier molecular flexibility index (Phi) is 5.96. The Bertz CT molecular complexity index is 1170. The van der Waals surface area contributed by atoms with Gasteiger partial charge in [-0.05, 0) is 35.9 Å². The van der Waals surface area contributed by atoms with Gasteiger partial charge in [0.25, 0.3) is 11.8 Å². The number of thioether (sulfide) groups is 1. The molecule has 31 heavy (non-hydrogen) atoms. The number of nitrogens with one attached hydrogen (secondary N) is 2. The van der Waals surface area contributed by atoms with Gasteiger partial charge in [0, 0.05) is 19.3 Å². The Labute approximate surface area is 184 Å². The molecule has 0 fully saturated rings. The molecule has 0 saturated carbocycles. The highest BCUT2D eigenvalue weighted by Crippen LogP contribution is 2.27. The van der Waals surface area contributed by atoms with Crippen molar-refractivity contribution < 1.29 is 18.8 Å². The van der Waals surface area contributed by atoms with Crippen molar-refractivity contribution in [1.29, 1.82) is 0 Å². The van der Waals surface area contributed by atoms with Crippen molar-refractivity contribution in [3.63, 3.8) is 0 Å². The fourth-order valence-electron chi connectivity index (χ4n) is 2.88. The average Bonchev–Trinajstić information content (AvgIpc) is 3.31. The number of amides is 3. The van der Waals surface area contributed by atoms with E-state index in [9.17, 15) is 18.8 Å². The van der Waals surface area contributed by atoms with Crippen LogP contribution in [0.1, 0.15) is 26.3 Å². The van der Waals surface area contributed by atoms with Crippen LogP contribution in [0.4, 0.5) is 15.2 Å². The monoisotopic (exact) mass is 457 g/mol. The quantitative estimate of drug-likeness (QED) is 0.415. The van der Waals surface area contributed by atoms with E-state index < -0.39 is 0 Å². The summed E-state index contributed by atoms with van der Waals surface area (Å²) in [5, 5.41) is 14.5. The van der Waals surface area contributed by atoms with Crippen molar-refractivity contribution in [3.05, 3.63) is 65.0 Å². The third-order valence-electron chi connectivity index (χ3n) is 4.46. The molecule has 0 unspecified atom stereocenters. The zero-order valence-electron chi connectivity index (χ0n) is 16.2. The fraction of sp³-hybridized carbons (Fsp3) is 0.150. The number of anilines is 2. The molecule has 158 valence electrons. The summed E-state index contributed by atoms with van der Waals surface area (Å²) in [4.78, 5) is 37.3. The second-order valence-electron chi connectivity index (χ2n) is 6.62. The van der Waals surface area contributed by atoms with Gasteiger partial charge in [-0.2, -0.15) is 0 Å². The molecule has 0 saturated heterocycles. The first kappa shape index (κ1) is 20.9. The number of carbonyl (C=O) groups is 3. The molecular formula is C20H16FN5O3S2. The molecule has 1 aliphatic heterocycles. The maximum Gasteiger partial charge on any atom is 0.261 e. The lowest BCUT2D eigenvalue weighted by molar-refractivity contribution is -0.113. The van der Waals surface area contributed by atoms with Gasteiger partial charge >= 0.3 is 0 Å². The number of aromatic nitrogens is 2. The van der Waals surface area contributed by atoms with Crippen LogP contribution in [-0.4, -0.2) is 45.6 Å². The van der Waals surface area contributed by atoms with Crippen molar-refractivity contribution in [2.75, 3.05) is 23.4 Å². The van der Waals surface area contributed by atoms with E-state index in [4.69, 9.17) is 0 Å². The van der Waals surface area contributed by atoms with Crippen LogP contribution >= 0.6 is 23.1 Å². The van der Waals surface area contributed by atoms with Crippen LogP contribution in [0.2, 0.25) is 0 Å². The molecule has 3 amide bonds. The van der Waals surface area contributed by atoms with E-state index in [0.29, 0.717) is 27.3 Å². The predicted molar refractivity (Wildman–Crippen MR) is 116 cm³/mol. The number of nitrogens with zero attached hydrogens (tertiary/aromatic N) is 3. The molecule has 1 aromatic heterocycles. The van der Waals surface area contributed by atoms with E-state index in [-0.39, 0.29) is 34.9 Å². The lowest BCUT2D eigenvalue weighted by Crippen LogP contribution is -2.24. The van der Waals surface area contributed by atoms with Crippen molar-refractivity contribution in [3.8, 4) is 0 Å². The van der Waals surface area contributed by atoms with Crippen LogP contribution in [0.25, 0.3) is 0 Å². The zero-order valence-corrected chi connectivity index (χ0v) is 17.8. The first-order valence-electron chi connectivity index (χ1n) is 9.11. The number of halogens is 1. The van der Waals surface area contributed by atoms with Crippen LogP contribution < -0.4 is 10.6 Å². The number of hydrogen-bond acceptors (Lipinski definition) is 8. The van der Waals surface area contributed by atoms with Gasteiger partial charge in [0.05, 0.1) is 16.9 Å². The smallest absolute Gasteiger partial charge is 0.261 e. The molecule has 2 heterocycles. The molecule has 0 bridgehead atoms. The van der Waals surface area contributed by atoms with E-state index in [0.717, 1.165) is 10.5 Å². The Morgan fingerprint density at radius 3 is 2.61 bits per heavy atom. The van der Waals surface area contributed by atoms with E-state index in [2.05, 4.69) is 20.8 Å². The number of imide groups is 1. The molecule has 0 atom stereocenters. The van der Waals surface area contributed by atoms with Crippen LogP contribution in [-0.2, 0) is 11.3 Å². The van der Waals surface area contributed by atoms with Gasteiger partial charge in [-0.3, -0.25) is 19.3 Å². The summed E-state index contributed by atoms with van der Waals surface area (Å²) >= 11 is 2.54. The number of benzene rings is 2. The number of rotatable bonds is 7. The fourth-order valence-corrected chi connectivity index (χ4v) is 4.43. The minimum Gasteiger partial charge on any atom is -0.356 e. The Hall–Kier alpha value is -3.31. The highest BCUT2D eigenvalue weighted by molar-refractivity contribution is 8.01. The van der Waals surface area contributed by atoms with Gasteiger partial charge in [-0.1, -0.05) is 35.2 Å². The van der Waals surface area contributed by atoms with Crippen molar-refractivity contribution >= 4 is 51.6 Å². The number of carbonyl (C=O) groups excluding carboxylic acids is 3. The summed E-state index contributed by atoms with van der Waals surface area (Å²) in [7, 11) is 1.42. The van der Waals surface area contributed by atoms with Gasteiger partial charge in [-0.25, -0.2) is 4.39 Å². The lowest BCUT2D eigenvalue weighted by Gasteiger charge is -2.05. The van der Waals surface area contributed by atoms with Gasteiger partial charge in [0.1, 0.15) is 5.82 Å². The van der Waals surface area contributed by atoms with E-state index in [1.807, 2.05) is 0 Å². The highest BCUT2D eigenvalue weighted by Gasteiger charge is 2.32. The van der Waals surface area contributed by atoms with E-state index in [1.54, 1.807) is 18.2 Å². The van der Waals surface area contributed by atoms with Crippen molar-refractivity contribution in [1.82, 2.24) is 15.1 Å². The predicted octanol–water partition coefficient (Wildman–Crippen LogP) is 3.25. The molecular weight excluding hydrogens is 441 g/mol. The maximum absolute atomic E-state index is 12.9. The average molecular weight is 458 g/mol. The van der Waals surface area contributed by atoms with Gasteiger partial charge < -0.3 is 10.6 Å². The number of hydrogen-bond donors (Lipinski definition) is 2. The maximum atomic E-state index is 12.9. The SMILES string of the molecule is CN1C(=O)c2ccc(NC(=O)CSc3nnc(NCc4ccc(F)cc4)s3)cc2C1=O. The first-order chi connectivity index (χ1) is 14.9. The van der Waals surface area contributed by atoms with Gasteiger partial charge in [0.2, 0.25) is 11.0 Å². The topological polar surface area (TPSA) is 104 Å². The molecule has 0 spiro atoms. The standard InChI is InChI=1S/C20H16FN5O3S2/c1-26-17(28)14-7-6-13(8-15(14)18(26)29)23-16(27)10-30-20-25-24-19(31-20)22-9-11-2-4-12(21)5-3-11/h2-8H,9-10H2,1H3,(H,22,24)(H,23,27). The summed E-state index contributed by atoms with van der Waals surface area (Å²) in [6, 6.07) is 10.8. The molecule has 8 nitrogen and oxygen atoms in total. The van der Waals surface area contributed by atoms with Gasteiger partial charge in [0.15, 0.2) is 4.34 Å². The Morgan fingerprint density at radius 1 is 1.10 bits per heavy atom. The minimum absolute atomic E-state index is 0.108. The number of fused-ring (bicyclic) bond motifs is 1. The largest absolute Gasteiger partial charge is 0.356 e. The summed E-state index contributed by atoms with van der Waals surface area (Å²) in [5.74, 6) is -1.19. The molecule has 3 aromatic rings. The highest BCUT2D eigenvalue weighted by atomic mass is 32.2. The van der Waals surface area contributed by atoms with Crippen molar-refractivity contribution in [2.24, 2.45) is 0 Å². The van der Waals surface area contributed by atoms with E-state index >= 15 is 0 Å². The van der Waals surface area contributed by atoms with E-state index in [1.165, 1.54) is 54.4 Å². The second kappa shape index (κ2) is 8.82. The first-order valence-corrected chi connectivity index (χ1v) is 10.9. The molecule has 2 N–H and O–H groups in total. The Balaban J connectivity index is 1.28. The van der Waals surface area contributed by atoms with Crippen LogP contribution in [0.15, 0.2) is 46.8 Å². The third kappa shape index (κ3) is 4.72. The molecule has 1 aliphatic rings. The molecule has 0 aliphatic carbocycles. The summed E-state index contributed by atoms with van der Waals surface area (Å²) in [6.07, 6.45) is 0. The third-order valence-corrected chi connectivity index (χ3v) is 6.48. The Morgan fingerprint density at radius 2 is 1.84 bits per heavy atom. The summed E-state index contributed by atoms with van der Waals surface area (Å²) in [5.41, 5.74) is 1.96. The van der Waals surface area contributed by atoms with Crippen molar-refractivity contribution in [2.45, 2.75) is 10.9 Å². The zero-order chi connectivity index (χ0) is 22.0. The lowest BCUT2D eigenvalue weighted by atomic mass is 10.1. The summed E-state index contributed by atoms with van der Waals surface area (Å²) < 4.78 is 13.6. The second-order valence-corrected chi connectivity index (χ2v) is 8.82. The molecule has 0 radical (unpaired) electrons. The van der Waals surface area contributed by atoms with Crippen LogP contribution in [0.5, 0.6) is 0 Å². The minimum atomic E-state index is -0.389. The summed E-state index contributed by atoms with van der Waals surface area (Å²) in [6.45, 7) is 0.481. The molecule has 11 heteroatoms. The van der Waals surface area contributed by atoms with Crippen LogP contribution in [0, 0.1) is 5.82 Å². The molecule has 4 rings (SSSR count). The molecule has 2 aromatic carbocycles. The normalized spacial score (nSPS) is 12.8. The van der Waals surface area contributed by atoms with Crippen LogP contribution in [0.3, 0.4) is 0 Å². The van der Waals surface area contributed by atoms with Gasteiger partial charge in [-0.15, -0.1) is 10.2 Å².